The van der Waals surface area contributed by atoms with Crippen molar-refractivity contribution in [2.24, 2.45) is 11.8 Å². The number of urea groups is 1. The molecule has 1 saturated heterocycles. The molecule has 0 spiro atoms. The highest BCUT2D eigenvalue weighted by Gasteiger charge is 2.30. The number of carboxylic acid groups (broad SMARTS) is 1. The molecule has 5 nitrogen and oxygen atoms in total. The fourth-order valence-corrected chi connectivity index (χ4v) is 4.43. The number of carbonyl (C=O) groups excluding carboxylic acids is 1. The Balaban J connectivity index is 1.76. The summed E-state index contributed by atoms with van der Waals surface area (Å²) >= 11 is 1.96. The van der Waals surface area contributed by atoms with Crippen molar-refractivity contribution >= 4 is 23.8 Å². The van der Waals surface area contributed by atoms with Crippen molar-refractivity contribution in [3.05, 3.63) is 0 Å². The normalized spacial score (nSPS) is 22.5. The van der Waals surface area contributed by atoms with E-state index in [-0.39, 0.29) is 11.9 Å². The zero-order chi connectivity index (χ0) is 15.1. The number of carbonyl (C=O) groups is 2. The maximum absolute atomic E-state index is 12.0. The summed E-state index contributed by atoms with van der Waals surface area (Å²) in [6.07, 6.45) is 7.38. The summed E-state index contributed by atoms with van der Waals surface area (Å²) in [4.78, 5) is 23.3. The molecule has 0 aromatic carbocycles. The summed E-state index contributed by atoms with van der Waals surface area (Å²) in [5.74, 6) is 2.02. The minimum atomic E-state index is -0.911. The lowest BCUT2D eigenvalue weighted by atomic mass is 9.84. The van der Waals surface area contributed by atoms with Gasteiger partial charge in [0, 0.05) is 6.54 Å². The quantitative estimate of drug-likeness (QED) is 0.728. The molecule has 2 fully saturated rings. The second kappa shape index (κ2) is 8.51. The van der Waals surface area contributed by atoms with E-state index in [1.54, 1.807) is 0 Å². The summed E-state index contributed by atoms with van der Waals surface area (Å²) in [6, 6.07) is -1.07. The van der Waals surface area contributed by atoms with Crippen LogP contribution in [-0.2, 0) is 4.79 Å². The third-order valence-electron chi connectivity index (χ3n) is 4.57. The average molecular weight is 314 g/mol. The van der Waals surface area contributed by atoms with E-state index in [1.165, 1.54) is 6.42 Å². The van der Waals surface area contributed by atoms with Crippen LogP contribution < -0.4 is 10.6 Å². The summed E-state index contributed by atoms with van der Waals surface area (Å²) in [6.45, 7) is 0.656. The minimum absolute atomic E-state index is 0.0769. The third-order valence-corrected chi connectivity index (χ3v) is 5.61. The molecule has 1 saturated carbocycles. The number of rotatable bonds is 5. The predicted molar refractivity (Wildman–Crippen MR) is 84.6 cm³/mol. The Bertz CT molecular complexity index is 353. The van der Waals surface area contributed by atoms with E-state index in [1.807, 2.05) is 11.8 Å². The van der Waals surface area contributed by atoms with Crippen LogP contribution >= 0.6 is 11.8 Å². The van der Waals surface area contributed by atoms with Crippen LogP contribution in [-0.4, -0.2) is 41.2 Å². The topological polar surface area (TPSA) is 78.4 Å². The molecule has 1 atom stereocenters. The van der Waals surface area contributed by atoms with E-state index in [4.69, 9.17) is 0 Å². The minimum Gasteiger partial charge on any atom is -0.480 e. The first kappa shape index (κ1) is 16.5. The fraction of sp³-hybridized carbons (Fsp3) is 0.867. The van der Waals surface area contributed by atoms with Crippen molar-refractivity contribution in [3.63, 3.8) is 0 Å². The van der Waals surface area contributed by atoms with E-state index in [2.05, 4.69) is 10.6 Å². The zero-order valence-corrected chi connectivity index (χ0v) is 13.3. The number of aliphatic carboxylic acids is 1. The van der Waals surface area contributed by atoms with E-state index < -0.39 is 12.0 Å². The average Bonchev–Trinajstić information content (AvgIpc) is 2.52. The van der Waals surface area contributed by atoms with Gasteiger partial charge >= 0.3 is 12.0 Å². The van der Waals surface area contributed by atoms with E-state index in [0.717, 1.165) is 50.0 Å². The van der Waals surface area contributed by atoms with Crippen LogP contribution in [0.4, 0.5) is 4.79 Å². The van der Waals surface area contributed by atoms with Crippen molar-refractivity contribution in [2.45, 2.75) is 51.0 Å². The molecule has 21 heavy (non-hydrogen) atoms. The van der Waals surface area contributed by atoms with Gasteiger partial charge in [-0.15, -0.1) is 0 Å². The van der Waals surface area contributed by atoms with Crippen LogP contribution in [0.1, 0.15) is 44.9 Å². The monoisotopic (exact) mass is 314 g/mol. The largest absolute Gasteiger partial charge is 0.480 e. The maximum atomic E-state index is 12.0. The molecule has 0 bridgehead atoms. The van der Waals surface area contributed by atoms with Gasteiger partial charge in [0.1, 0.15) is 6.04 Å². The molecule has 6 heteroatoms. The molecule has 1 unspecified atom stereocenters. The Kier molecular flexibility index (Phi) is 6.67. The van der Waals surface area contributed by atoms with Gasteiger partial charge in [-0.25, -0.2) is 9.59 Å². The van der Waals surface area contributed by atoms with Gasteiger partial charge in [-0.2, -0.15) is 11.8 Å². The van der Waals surface area contributed by atoms with Gasteiger partial charge in [0.25, 0.3) is 0 Å². The maximum Gasteiger partial charge on any atom is 0.326 e. The Morgan fingerprint density at radius 2 is 1.76 bits per heavy atom. The molecule has 2 amide bonds. The van der Waals surface area contributed by atoms with Crippen molar-refractivity contribution in [1.29, 1.82) is 0 Å². The van der Waals surface area contributed by atoms with Crippen LogP contribution in [0.3, 0.4) is 0 Å². The molecule has 1 heterocycles. The first-order valence-electron chi connectivity index (χ1n) is 8.01. The van der Waals surface area contributed by atoms with Gasteiger partial charge in [-0.05, 0) is 49.0 Å². The van der Waals surface area contributed by atoms with Crippen molar-refractivity contribution < 1.29 is 14.7 Å². The lowest BCUT2D eigenvalue weighted by molar-refractivity contribution is -0.141. The first-order chi connectivity index (χ1) is 10.2. The molecule has 120 valence electrons. The molecule has 1 aliphatic heterocycles. The number of amides is 2. The fourth-order valence-electron chi connectivity index (χ4n) is 3.23. The standard InChI is InChI=1S/C15H26N2O3S/c18-14(19)13(12-4-2-1-3-5-12)17-15(20)16-10-11-6-8-21-9-7-11/h11-13H,1-10H2,(H,18,19)(H2,16,17,20). The van der Waals surface area contributed by atoms with Gasteiger partial charge in [0.05, 0.1) is 0 Å². The molecule has 0 aromatic heterocycles. The van der Waals surface area contributed by atoms with E-state index in [9.17, 15) is 14.7 Å². The predicted octanol–water partition coefficient (Wildman–Crippen LogP) is 2.46. The number of hydrogen-bond donors (Lipinski definition) is 3. The van der Waals surface area contributed by atoms with Crippen molar-refractivity contribution in [1.82, 2.24) is 10.6 Å². The van der Waals surface area contributed by atoms with Gasteiger partial charge in [0.2, 0.25) is 0 Å². The van der Waals surface area contributed by atoms with E-state index in [0.29, 0.717) is 12.5 Å². The van der Waals surface area contributed by atoms with Crippen LogP contribution in [0.15, 0.2) is 0 Å². The molecule has 3 N–H and O–H groups in total. The number of hydrogen-bond acceptors (Lipinski definition) is 3. The second-order valence-electron chi connectivity index (χ2n) is 6.12. The number of carboxylic acids is 1. The Morgan fingerprint density at radius 1 is 1.10 bits per heavy atom. The number of nitrogens with one attached hydrogen (secondary N) is 2. The molecular weight excluding hydrogens is 288 g/mol. The Hall–Kier alpha value is -0.910. The molecular formula is C15H26N2O3S. The highest BCUT2D eigenvalue weighted by atomic mass is 32.2. The summed E-state index contributed by atoms with van der Waals surface area (Å²) < 4.78 is 0. The lowest BCUT2D eigenvalue weighted by Gasteiger charge is -2.28. The Labute approximate surface area is 130 Å². The van der Waals surface area contributed by atoms with Crippen LogP contribution in [0, 0.1) is 11.8 Å². The van der Waals surface area contributed by atoms with Gasteiger partial charge in [-0.1, -0.05) is 19.3 Å². The lowest BCUT2D eigenvalue weighted by Crippen LogP contribution is -2.51. The van der Waals surface area contributed by atoms with Crippen LogP contribution in [0.25, 0.3) is 0 Å². The summed E-state index contributed by atoms with van der Waals surface area (Å²) in [5, 5.41) is 14.9. The first-order valence-corrected chi connectivity index (χ1v) is 9.17. The van der Waals surface area contributed by atoms with E-state index >= 15 is 0 Å². The van der Waals surface area contributed by atoms with Crippen LogP contribution in [0.2, 0.25) is 0 Å². The Morgan fingerprint density at radius 3 is 2.38 bits per heavy atom. The third kappa shape index (κ3) is 5.41. The van der Waals surface area contributed by atoms with Crippen molar-refractivity contribution in [2.75, 3.05) is 18.1 Å². The van der Waals surface area contributed by atoms with Gasteiger partial charge in [0.15, 0.2) is 0 Å². The highest BCUT2D eigenvalue weighted by Crippen LogP contribution is 2.26. The second-order valence-corrected chi connectivity index (χ2v) is 7.35. The smallest absolute Gasteiger partial charge is 0.326 e. The summed E-state index contributed by atoms with van der Waals surface area (Å²) in [7, 11) is 0. The summed E-state index contributed by atoms with van der Waals surface area (Å²) in [5.41, 5.74) is 0. The SMILES string of the molecule is O=C(NCC1CCSCC1)NC(C(=O)O)C1CCCCC1. The zero-order valence-electron chi connectivity index (χ0n) is 12.5. The highest BCUT2D eigenvalue weighted by molar-refractivity contribution is 7.99. The molecule has 2 aliphatic rings. The van der Waals surface area contributed by atoms with Gasteiger partial charge < -0.3 is 15.7 Å². The van der Waals surface area contributed by atoms with Crippen LogP contribution in [0.5, 0.6) is 0 Å². The molecule has 2 rings (SSSR count). The molecule has 0 radical (unpaired) electrons. The molecule has 0 aromatic rings. The van der Waals surface area contributed by atoms with Gasteiger partial charge in [-0.3, -0.25) is 0 Å². The number of thioether (sulfide) groups is 1. The van der Waals surface area contributed by atoms with Crippen molar-refractivity contribution in [3.8, 4) is 0 Å². The molecule has 1 aliphatic carbocycles.